The number of likely N-dealkylation sites (tertiary alicyclic amines) is 1. The van der Waals surface area contributed by atoms with Crippen LogP contribution in [-0.2, 0) is 9.59 Å². The van der Waals surface area contributed by atoms with Crippen LogP contribution in [0.3, 0.4) is 0 Å². The number of piperidine rings is 1. The Morgan fingerprint density at radius 2 is 1.74 bits per heavy atom. The SMILES string of the molecule is CC(C)NCCC(=O)NCCC(=O)N1CCCCC1. The lowest BCUT2D eigenvalue weighted by Crippen LogP contribution is -2.38. The number of rotatable bonds is 7. The predicted octanol–water partition coefficient (Wildman–Crippen LogP) is 0.893. The van der Waals surface area contributed by atoms with Crippen molar-refractivity contribution in [1.29, 1.82) is 0 Å². The average molecular weight is 269 g/mol. The summed E-state index contributed by atoms with van der Waals surface area (Å²) in [6.07, 6.45) is 4.33. The quantitative estimate of drug-likeness (QED) is 0.721. The van der Waals surface area contributed by atoms with Gasteiger partial charge in [-0.05, 0) is 19.3 Å². The van der Waals surface area contributed by atoms with Gasteiger partial charge < -0.3 is 15.5 Å². The third-order valence-electron chi connectivity index (χ3n) is 3.27. The zero-order valence-electron chi connectivity index (χ0n) is 12.2. The van der Waals surface area contributed by atoms with Crippen LogP contribution in [0.4, 0.5) is 0 Å². The molecular weight excluding hydrogens is 242 g/mol. The Morgan fingerprint density at radius 1 is 1.05 bits per heavy atom. The van der Waals surface area contributed by atoms with Crippen molar-refractivity contribution < 1.29 is 9.59 Å². The number of nitrogens with zero attached hydrogens (tertiary/aromatic N) is 1. The van der Waals surface area contributed by atoms with E-state index in [0.29, 0.717) is 32.0 Å². The van der Waals surface area contributed by atoms with Crippen LogP contribution >= 0.6 is 0 Å². The Kier molecular flexibility index (Phi) is 7.48. The fraction of sp³-hybridized carbons (Fsp3) is 0.857. The van der Waals surface area contributed by atoms with Crippen LogP contribution in [0.15, 0.2) is 0 Å². The molecule has 19 heavy (non-hydrogen) atoms. The van der Waals surface area contributed by atoms with Gasteiger partial charge in [0.1, 0.15) is 0 Å². The van der Waals surface area contributed by atoms with Crippen LogP contribution in [-0.4, -0.2) is 48.9 Å². The molecule has 1 fully saturated rings. The van der Waals surface area contributed by atoms with Gasteiger partial charge in [-0.15, -0.1) is 0 Å². The summed E-state index contributed by atoms with van der Waals surface area (Å²) >= 11 is 0. The second-order valence-corrected chi connectivity index (χ2v) is 5.40. The number of carbonyl (C=O) groups excluding carboxylic acids is 2. The molecule has 1 aliphatic rings. The van der Waals surface area contributed by atoms with Crippen LogP contribution in [0.5, 0.6) is 0 Å². The van der Waals surface area contributed by atoms with Gasteiger partial charge in [0.05, 0.1) is 0 Å². The van der Waals surface area contributed by atoms with Crippen molar-refractivity contribution in [2.24, 2.45) is 0 Å². The van der Waals surface area contributed by atoms with Crippen molar-refractivity contribution in [3.05, 3.63) is 0 Å². The van der Waals surface area contributed by atoms with Crippen molar-refractivity contribution in [3.8, 4) is 0 Å². The molecule has 5 heteroatoms. The first-order valence-electron chi connectivity index (χ1n) is 7.37. The van der Waals surface area contributed by atoms with E-state index in [9.17, 15) is 9.59 Å². The molecule has 0 spiro atoms. The number of nitrogens with one attached hydrogen (secondary N) is 2. The smallest absolute Gasteiger partial charge is 0.224 e. The number of amides is 2. The molecule has 1 rings (SSSR count). The Morgan fingerprint density at radius 3 is 2.37 bits per heavy atom. The summed E-state index contributed by atoms with van der Waals surface area (Å²) in [5.74, 6) is 0.180. The Balaban J connectivity index is 2.05. The van der Waals surface area contributed by atoms with Crippen molar-refractivity contribution in [2.45, 2.75) is 52.0 Å². The highest BCUT2D eigenvalue weighted by Gasteiger charge is 2.15. The van der Waals surface area contributed by atoms with E-state index in [4.69, 9.17) is 0 Å². The van der Waals surface area contributed by atoms with Gasteiger partial charge in [-0.2, -0.15) is 0 Å². The first kappa shape index (κ1) is 16.0. The van der Waals surface area contributed by atoms with E-state index in [-0.39, 0.29) is 11.8 Å². The molecule has 2 N–H and O–H groups in total. The largest absolute Gasteiger partial charge is 0.356 e. The molecule has 0 aromatic rings. The van der Waals surface area contributed by atoms with E-state index in [2.05, 4.69) is 24.5 Å². The molecule has 5 nitrogen and oxygen atoms in total. The van der Waals surface area contributed by atoms with Crippen LogP contribution in [0, 0.1) is 0 Å². The number of hydrogen-bond donors (Lipinski definition) is 2. The van der Waals surface area contributed by atoms with E-state index in [0.717, 1.165) is 25.9 Å². The molecule has 0 aliphatic carbocycles. The Labute approximate surface area is 116 Å². The summed E-state index contributed by atoms with van der Waals surface area (Å²) < 4.78 is 0. The lowest BCUT2D eigenvalue weighted by atomic mass is 10.1. The first-order valence-corrected chi connectivity index (χ1v) is 7.37. The van der Waals surface area contributed by atoms with E-state index in [1.807, 2.05) is 4.90 Å². The lowest BCUT2D eigenvalue weighted by Gasteiger charge is -2.26. The van der Waals surface area contributed by atoms with Crippen molar-refractivity contribution in [2.75, 3.05) is 26.2 Å². The van der Waals surface area contributed by atoms with Gasteiger partial charge in [-0.1, -0.05) is 13.8 Å². The molecule has 0 unspecified atom stereocenters. The molecule has 0 aromatic heterocycles. The molecule has 0 radical (unpaired) electrons. The third-order valence-corrected chi connectivity index (χ3v) is 3.27. The highest BCUT2D eigenvalue weighted by molar-refractivity contribution is 5.79. The summed E-state index contributed by atoms with van der Waals surface area (Å²) in [4.78, 5) is 25.3. The molecule has 0 saturated carbocycles. The van der Waals surface area contributed by atoms with E-state index < -0.39 is 0 Å². The summed E-state index contributed by atoms with van der Waals surface area (Å²) in [6, 6.07) is 0.397. The van der Waals surface area contributed by atoms with Crippen molar-refractivity contribution in [3.63, 3.8) is 0 Å². The van der Waals surface area contributed by atoms with E-state index >= 15 is 0 Å². The molecule has 0 bridgehead atoms. The van der Waals surface area contributed by atoms with Gasteiger partial charge in [0.25, 0.3) is 0 Å². The second kappa shape index (κ2) is 8.91. The van der Waals surface area contributed by atoms with Gasteiger partial charge in [0, 0.05) is 45.1 Å². The molecule has 1 heterocycles. The van der Waals surface area contributed by atoms with Gasteiger partial charge >= 0.3 is 0 Å². The highest BCUT2D eigenvalue weighted by Crippen LogP contribution is 2.09. The minimum atomic E-state index is 0.0135. The summed E-state index contributed by atoms with van der Waals surface area (Å²) in [5, 5.41) is 5.99. The van der Waals surface area contributed by atoms with Gasteiger partial charge in [-0.3, -0.25) is 9.59 Å². The molecule has 1 aliphatic heterocycles. The number of hydrogen-bond acceptors (Lipinski definition) is 3. The van der Waals surface area contributed by atoms with Gasteiger partial charge in [0.15, 0.2) is 0 Å². The maximum atomic E-state index is 11.8. The zero-order valence-corrected chi connectivity index (χ0v) is 12.2. The van der Waals surface area contributed by atoms with Crippen LogP contribution in [0.1, 0.15) is 46.0 Å². The highest BCUT2D eigenvalue weighted by atomic mass is 16.2. The topological polar surface area (TPSA) is 61.4 Å². The van der Waals surface area contributed by atoms with Crippen LogP contribution in [0.25, 0.3) is 0 Å². The van der Waals surface area contributed by atoms with E-state index in [1.54, 1.807) is 0 Å². The first-order chi connectivity index (χ1) is 9.09. The lowest BCUT2D eigenvalue weighted by molar-refractivity contribution is -0.132. The number of carbonyl (C=O) groups is 2. The van der Waals surface area contributed by atoms with E-state index in [1.165, 1.54) is 6.42 Å². The molecule has 1 saturated heterocycles. The van der Waals surface area contributed by atoms with Crippen molar-refractivity contribution >= 4 is 11.8 Å². The second-order valence-electron chi connectivity index (χ2n) is 5.40. The van der Waals surface area contributed by atoms with Crippen LogP contribution in [0.2, 0.25) is 0 Å². The monoisotopic (exact) mass is 269 g/mol. The Bertz CT molecular complexity index is 286. The minimum Gasteiger partial charge on any atom is -0.356 e. The van der Waals surface area contributed by atoms with Crippen molar-refractivity contribution in [1.82, 2.24) is 15.5 Å². The molecule has 110 valence electrons. The van der Waals surface area contributed by atoms with Crippen LogP contribution < -0.4 is 10.6 Å². The maximum Gasteiger partial charge on any atom is 0.224 e. The maximum absolute atomic E-state index is 11.8. The standard InChI is InChI=1S/C14H27N3O2/c1-12(2)15-8-6-13(18)16-9-7-14(19)17-10-4-3-5-11-17/h12,15H,3-11H2,1-2H3,(H,16,18). The average Bonchev–Trinajstić information content (AvgIpc) is 2.39. The Hall–Kier alpha value is -1.10. The third kappa shape index (κ3) is 7.15. The normalized spacial score (nSPS) is 15.6. The van der Waals surface area contributed by atoms with Gasteiger partial charge in [-0.25, -0.2) is 0 Å². The molecular formula is C14H27N3O2. The fourth-order valence-corrected chi connectivity index (χ4v) is 2.17. The molecule has 0 atom stereocenters. The predicted molar refractivity (Wildman–Crippen MR) is 75.8 cm³/mol. The summed E-state index contributed by atoms with van der Waals surface area (Å²) in [6.45, 7) is 7.00. The zero-order chi connectivity index (χ0) is 14.1. The summed E-state index contributed by atoms with van der Waals surface area (Å²) in [7, 11) is 0. The fourth-order valence-electron chi connectivity index (χ4n) is 2.17. The molecule has 2 amide bonds. The summed E-state index contributed by atoms with van der Waals surface area (Å²) in [5.41, 5.74) is 0. The van der Waals surface area contributed by atoms with Gasteiger partial charge in [0.2, 0.25) is 11.8 Å². The molecule has 0 aromatic carbocycles. The minimum absolute atomic E-state index is 0.0135.